The SMILES string of the molecule is Cc1ccc2c(c1)CCN(S(C)(=O)=O)C21CCN(CCCOc2ccccc2)CC1. The number of ether oxygens (including phenoxy) is 1. The molecule has 0 saturated carbocycles. The molecule has 0 radical (unpaired) electrons. The molecule has 2 aliphatic heterocycles. The molecule has 0 unspecified atom stereocenters. The molecule has 2 aromatic carbocycles. The van der Waals surface area contributed by atoms with E-state index < -0.39 is 15.6 Å². The Hall–Kier alpha value is -1.89. The lowest BCUT2D eigenvalue weighted by Crippen LogP contribution is -2.57. The molecule has 0 aromatic heterocycles. The zero-order valence-electron chi connectivity index (χ0n) is 18.0. The normalized spacial score (nSPS) is 19.5. The molecular formula is C24H32N2O3S. The van der Waals surface area contributed by atoms with Gasteiger partial charge in [-0.3, -0.25) is 0 Å². The number of nitrogens with zero attached hydrogens (tertiary/aromatic N) is 2. The van der Waals surface area contributed by atoms with E-state index in [0.29, 0.717) is 13.2 Å². The topological polar surface area (TPSA) is 49.9 Å². The number of aryl methyl sites for hydroxylation is 1. The molecule has 1 fully saturated rings. The first-order valence-corrected chi connectivity index (χ1v) is 12.7. The quantitative estimate of drug-likeness (QED) is 0.660. The predicted octanol–water partition coefficient (Wildman–Crippen LogP) is 3.57. The van der Waals surface area contributed by atoms with Crippen molar-refractivity contribution in [1.29, 1.82) is 0 Å². The number of sulfonamides is 1. The maximum atomic E-state index is 12.7. The maximum absolute atomic E-state index is 12.7. The van der Waals surface area contributed by atoms with Crippen LogP contribution in [-0.4, -0.2) is 56.7 Å². The third-order valence-corrected chi connectivity index (χ3v) is 7.87. The highest BCUT2D eigenvalue weighted by molar-refractivity contribution is 7.88. The third kappa shape index (κ3) is 4.41. The minimum absolute atomic E-state index is 0.397. The second-order valence-corrected chi connectivity index (χ2v) is 10.5. The number of fused-ring (bicyclic) bond motifs is 2. The summed E-state index contributed by atoms with van der Waals surface area (Å²) in [5, 5.41) is 0. The summed E-state index contributed by atoms with van der Waals surface area (Å²) in [7, 11) is -3.26. The minimum atomic E-state index is -3.26. The molecule has 4 rings (SSSR count). The fraction of sp³-hybridized carbons (Fsp3) is 0.500. The molecule has 0 amide bonds. The largest absolute Gasteiger partial charge is 0.494 e. The van der Waals surface area contributed by atoms with Crippen LogP contribution in [-0.2, 0) is 22.0 Å². The Morgan fingerprint density at radius 3 is 2.47 bits per heavy atom. The molecule has 0 N–H and O–H groups in total. The van der Waals surface area contributed by atoms with Gasteiger partial charge in [-0.1, -0.05) is 42.0 Å². The van der Waals surface area contributed by atoms with Crippen LogP contribution in [0.5, 0.6) is 5.75 Å². The molecule has 0 bridgehead atoms. The number of piperidine rings is 1. The van der Waals surface area contributed by atoms with E-state index in [9.17, 15) is 8.42 Å². The van der Waals surface area contributed by atoms with Crippen LogP contribution in [0.2, 0.25) is 0 Å². The highest BCUT2D eigenvalue weighted by Crippen LogP contribution is 2.45. The molecule has 0 aliphatic carbocycles. The first-order valence-electron chi connectivity index (χ1n) is 10.9. The van der Waals surface area contributed by atoms with Gasteiger partial charge in [0.15, 0.2) is 0 Å². The molecule has 5 nitrogen and oxygen atoms in total. The van der Waals surface area contributed by atoms with Crippen molar-refractivity contribution in [3.8, 4) is 5.75 Å². The molecule has 0 atom stereocenters. The van der Waals surface area contributed by atoms with Crippen molar-refractivity contribution in [2.45, 2.75) is 38.1 Å². The van der Waals surface area contributed by atoms with Gasteiger partial charge >= 0.3 is 0 Å². The molecule has 1 spiro atoms. The van der Waals surface area contributed by atoms with Gasteiger partial charge in [-0.15, -0.1) is 0 Å². The monoisotopic (exact) mass is 428 g/mol. The molecule has 162 valence electrons. The average Bonchev–Trinajstić information content (AvgIpc) is 2.72. The van der Waals surface area contributed by atoms with Gasteiger partial charge in [0.05, 0.1) is 18.4 Å². The van der Waals surface area contributed by atoms with Gasteiger partial charge in [0, 0.05) is 26.2 Å². The van der Waals surface area contributed by atoms with Crippen molar-refractivity contribution in [2.24, 2.45) is 0 Å². The Morgan fingerprint density at radius 2 is 1.77 bits per heavy atom. The standard InChI is InChI=1S/C24H32N2O3S/c1-20-9-10-23-21(19-20)11-15-26(30(2,27)28)24(23)12-16-25(17-13-24)14-6-18-29-22-7-4-3-5-8-22/h3-5,7-10,19H,6,11-18H2,1-2H3. The van der Waals surface area contributed by atoms with Gasteiger partial charge in [0.1, 0.15) is 5.75 Å². The number of rotatable bonds is 6. The fourth-order valence-corrected chi connectivity index (χ4v) is 6.44. The zero-order chi connectivity index (χ0) is 21.2. The zero-order valence-corrected chi connectivity index (χ0v) is 18.8. The molecular weight excluding hydrogens is 396 g/mol. The lowest BCUT2D eigenvalue weighted by molar-refractivity contribution is 0.0649. The Kier molecular flexibility index (Phi) is 6.19. The Balaban J connectivity index is 1.42. The summed E-state index contributed by atoms with van der Waals surface area (Å²) in [6.45, 7) is 6.18. The van der Waals surface area contributed by atoms with Crippen LogP contribution in [0, 0.1) is 6.92 Å². The highest BCUT2D eigenvalue weighted by Gasteiger charge is 2.48. The fourth-order valence-electron chi connectivity index (χ4n) is 5.10. The summed E-state index contributed by atoms with van der Waals surface area (Å²) in [5.41, 5.74) is 3.38. The number of hydrogen-bond donors (Lipinski definition) is 0. The highest BCUT2D eigenvalue weighted by atomic mass is 32.2. The van der Waals surface area contributed by atoms with Crippen LogP contribution in [0.15, 0.2) is 48.5 Å². The number of benzene rings is 2. The van der Waals surface area contributed by atoms with Gasteiger partial charge in [0.2, 0.25) is 10.0 Å². The van der Waals surface area contributed by atoms with Crippen LogP contribution in [0.4, 0.5) is 0 Å². The van der Waals surface area contributed by atoms with Crippen molar-refractivity contribution < 1.29 is 13.2 Å². The van der Waals surface area contributed by atoms with Gasteiger partial charge in [-0.25, -0.2) is 8.42 Å². The lowest BCUT2D eigenvalue weighted by Gasteiger charge is -2.51. The summed E-state index contributed by atoms with van der Waals surface area (Å²) < 4.78 is 32.9. The third-order valence-electron chi connectivity index (χ3n) is 6.54. The molecule has 2 heterocycles. The van der Waals surface area contributed by atoms with E-state index in [4.69, 9.17) is 4.74 Å². The Bertz CT molecular complexity index is 967. The second-order valence-electron chi connectivity index (χ2n) is 8.63. The summed E-state index contributed by atoms with van der Waals surface area (Å²) in [6.07, 6.45) is 4.81. The smallest absolute Gasteiger partial charge is 0.212 e. The molecule has 1 saturated heterocycles. The van der Waals surface area contributed by atoms with E-state index >= 15 is 0 Å². The van der Waals surface area contributed by atoms with Gasteiger partial charge in [-0.05, 0) is 55.9 Å². The number of para-hydroxylation sites is 1. The number of likely N-dealkylation sites (tertiary alicyclic amines) is 1. The second kappa shape index (κ2) is 8.69. The first kappa shape index (κ1) is 21.3. The van der Waals surface area contributed by atoms with Gasteiger partial charge < -0.3 is 9.64 Å². The van der Waals surface area contributed by atoms with Crippen molar-refractivity contribution in [1.82, 2.24) is 9.21 Å². The van der Waals surface area contributed by atoms with E-state index in [2.05, 4.69) is 30.0 Å². The predicted molar refractivity (Wildman–Crippen MR) is 120 cm³/mol. The van der Waals surface area contributed by atoms with E-state index in [1.165, 1.54) is 22.9 Å². The van der Waals surface area contributed by atoms with E-state index in [1.54, 1.807) is 4.31 Å². The summed E-state index contributed by atoms with van der Waals surface area (Å²) in [4.78, 5) is 2.45. The molecule has 2 aromatic rings. The van der Waals surface area contributed by atoms with E-state index in [1.807, 2.05) is 30.3 Å². The minimum Gasteiger partial charge on any atom is -0.494 e. The number of hydrogen-bond acceptors (Lipinski definition) is 4. The first-order chi connectivity index (χ1) is 14.4. The van der Waals surface area contributed by atoms with E-state index in [0.717, 1.165) is 51.1 Å². The van der Waals surface area contributed by atoms with Gasteiger partial charge in [0.25, 0.3) is 0 Å². The van der Waals surface area contributed by atoms with Crippen molar-refractivity contribution >= 4 is 10.0 Å². The maximum Gasteiger partial charge on any atom is 0.212 e. The van der Waals surface area contributed by atoms with Crippen LogP contribution in [0.25, 0.3) is 0 Å². The summed E-state index contributed by atoms with van der Waals surface area (Å²) in [6, 6.07) is 16.4. The summed E-state index contributed by atoms with van der Waals surface area (Å²) >= 11 is 0. The lowest BCUT2D eigenvalue weighted by atomic mass is 9.75. The average molecular weight is 429 g/mol. The van der Waals surface area contributed by atoms with Crippen LogP contribution in [0.1, 0.15) is 36.0 Å². The van der Waals surface area contributed by atoms with Crippen molar-refractivity contribution in [3.63, 3.8) is 0 Å². The summed E-state index contributed by atoms with van der Waals surface area (Å²) in [5.74, 6) is 0.910. The van der Waals surface area contributed by atoms with Gasteiger partial charge in [-0.2, -0.15) is 4.31 Å². The Morgan fingerprint density at radius 1 is 1.03 bits per heavy atom. The van der Waals surface area contributed by atoms with E-state index in [-0.39, 0.29) is 0 Å². The molecule has 2 aliphatic rings. The molecule has 6 heteroatoms. The molecule has 30 heavy (non-hydrogen) atoms. The van der Waals surface area contributed by atoms with Crippen LogP contribution in [0.3, 0.4) is 0 Å². The Labute approximate surface area is 180 Å². The van der Waals surface area contributed by atoms with Crippen LogP contribution < -0.4 is 4.74 Å². The van der Waals surface area contributed by atoms with Crippen molar-refractivity contribution in [2.75, 3.05) is 39.0 Å². The van der Waals surface area contributed by atoms with Crippen LogP contribution >= 0.6 is 0 Å². The van der Waals surface area contributed by atoms with Crippen molar-refractivity contribution in [3.05, 3.63) is 65.2 Å².